The van der Waals surface area contributed by atoms with Crippen LogP contribution in [0.15, 0.2) is 6.07 Å². The maximum atomic E-state index is 6.37. The summed E-state index contributed by atoms with van der Waals surface area (Å²) in [5, 5.41) is 0.696. The first-order chi connectivity index (χ1) is 8.19. The van der Waals surface area contributed by atoms with Crippen molar-refractivity contribution in [2.45, 2.75) is 32.6 Å². The molecule has 1 unspecified atom stereocenters. The summed E-state index contributed by atoms with van der Waals surface area (Å²) in [6, 6.07) is 2.05. The second-order valence-corrected chi connectivity index (χ2v) is 4.70. The van der Waals surface area contributed by atoms with Crippen molar-refractivity contribution >= 4 is 11.6 Å². The number of benzene rings is 1. The van der Waals surface area contributed by atoms with E-state index in [9.17, 15) is 0 Å². The van der Waals surface area contributed by atoms with Gasteiger partial charge in [0, 0.05) is 0 Å². The van der Waals surface area contributed by atoms with Gasteiger partial charge in [-0.1, -0.05) is 25.4 Å². The summed E-state index contributed by atoms with van der Waals surface area (Å²) in [5.74, 6) is 1.83. The monoisotopic (exact) mass is 255 g/mol. The molecule has 0 spiro atoms. The normalized spacial score (nSPS) is 15.1. The van der Waals surface area contributed by atoms with Gasteiger partial charge in [-0.3, -0.25) is 0 Å². The first-order valence-corrected chi connectivity index (χ1v) is 6.37. The minimum absolute atomic E-state index is 0.257. The Kier molecular flexibility index (Phi) is 3.79. The molecule has 4 heteroatoms. The zero-order valence-electron chi connectivity index (χ0n) is 10.3. The van der Waals surface area contributed by atoms with Crippen molar-refractivity contribution in [2.24, 2.45) is 5.73 Å². The van der Waals surface area contributed by atoms with Gasteiger partial charge < -0.3 is 15.2 Å². The summed E-state index contributed by atoms with van der Waals surface area (Å²) in [6.45, 7) is 5.20. The minimum Gasteiger partial charge on any atom is -0.454 e. The van der Waals surface area contributed by atoms with Crippen molar-refractivity contribution < 1.29 is 9.47 Å². The highest BCUT2D eigenvalue weighted by atomic mass is 35.5. The molecule has 0 bridgehead atoms. The van der Waals surface area contributed by atoms with E-state index in [2.05, 4.69) is 13.8 Å². The number of ether oxygens (including phenoxy) is 2. The van der Waals surface area contributed by atoms with Crippen molar-refractivity contribution in [3.63, 3.8) is 0 Å². The molecule has 1 aliphatic heterocycles. The molecule has 17 heavy (non-hydrogen) atoms. The van der Waals surface area contributed by atoms with Crippen molar-refractivity contribution in [1.29, 1.82) is 0 Å². The van der Waals surface area contributed by atoms with Crippen LogP contribution in [0, 0.1) is 0 Å². The Morgan fingerprint density at radius 2 is 2.24 bits per heavy atom. The lowest BCUT2D eigenvalue weighted by atomic mass is 9.91. The van der Waals surface area contributed by atoms with E-state index in [4.69, 9.17) is 26.8 Å². The third-order valence-electron chi connectivity index (χ3n) is 3.22. The van der Waals surface area contributed by atoms with Crippen LogP contribution >= 0.6 is 11.6 Å². The Labute approximate surface area is 107 Å². The van der Waals surface area contributed by atoms with Crippen LogP contribution in [0.5, 0.6) is 11.5 Å². The first kappa shape index (κ1) is 12.5. The predicted octanol–water partition coefficient (Wildman–Crippen LogP) is 3.08. The number of fused-ring (bicyclic) bond motifs is 1. The Hall–Kier alpha value is -0.930. The van der Waals surface area contributed by atoms with Crippen LogP contribution < -0.4 is 15.2 Å². The fourth-order valence-electron chi connectivity index (χ4n) is 2.26. The van der Waals surface area contributed by atoms with Gasteiger partial charge in [0.05, 0.1) is 5.02 Å². The SMILES string of the molecule is CCc1c(C(C)CCN)cc2c(c1Cl)OCO2. The number of hydrogen-bond acceptors (Lipinski definition) is 3. The van der Waals surface area contributed by atoms with Crippen LogP contribution in [-0.4, -0.2) is 13.3 Å². The zero-order valence-corrected chi connectivity index (χ0v) is 11.0. The summed E-state index contributed by atoms with van der Waals surface area (Å²) in [4.78, 5) is 0. The Morgan fingerprint density at radius 3 is 2.88 bits per heavy atom. The summed E-state index contributed by atoms with van der Waals surface area (Å²) >= 11 is 6.37. The molecule has 0 radical (unpaired) electrons. The van der Waals surface area contributed by atoms with Gasteiger partial charge >= 0.3 is 0 Å². The number of hydrogen-bond donors (Lipinski definition) is 1. The van der Waals surface area contributed by atoms with Crippen molar-refractivity contribution in [3.8, 4) is 11.5 Å². The molecule has 1 heterocycles. The van der Waals surface area contributed by atoms with E-state index in [-0.39, 0.29) is 6.79 Å². The standard InChI is InChI=1S/C13H18ClNO2/c1-3-9-10(8(2)4-5-15)6-11-13(12(9)14)17-7-16-11/h6,8H,3-5,7,15H2,1-2H3. The van der Waals surface area contributed by atoms with Crippen LogP contribution in [0.1, 0.15) is 37.3 Å². The van der Waals surface area contributed by atoms with Crippen molar-refractivity contribution in [2.75, 3.05) is 13.3 Å². The zero-order chi connectivity index (χ0) is 12.4. The maximum Gasteiger partial charge on any atom is 0.231 e. The molecule has 1 aromatic rings. The highest BCUT2D eigenvalue weighted by Crippen LogP contribution is 2.45. The highest BCUT2D eigenvalue weighted by molar-refractivity contribution is 6.33. The number of nitrogens with two attached hydrogens (primary N) is 1. The second kappa shape index (κ2) is 5.15. The first-order valence-electron chi connectivity index (χ1n) is 6.00. The summed E-state index contributed by atoms with van der Waals surface area (Å²) in [6.07, 6.45) is 1.84. The molecule has 0 amide bonds. The summed E-state index contributed by atoms with van der Waals surface area (Å²) in [7, 11) is 0. The smallest absolute Gasteiger partial charge is 0.231 e. The third-order valence-corrected chi connectivity index (χ3v) is 3.62. The van der Waals surface area contributed by atoms with Gasteiger partial charge in [-0.25, -0.2) is 0 Å². The molecule has 1 atom stereocenters. The molecule has 1 aliphatic rings. The molecule has 0 aromatic heterocycles. The molecule has 94 valence electrons. The van der Waals surface area contributed by atoms with Crippen LogP contribution in [0.25, 0.3) is 0 Å². The largest absolute Gasteiger partial charge is 0.454 e. The van der Waals surface area contributed by atoms with Crippen LogP contribution in [0.3, 0.4) is 0 Å². The Bertz CT molecular complexity index is 420. The lowest BCUT2D eigenvalue weighted by Crippen LogP contribution is -2.07. The number of rotatable bonds is 4. The predicted molar refractivity (Wildman–Crippen MR) is 69.0 cm³/mol. The average molecular weight is 256 g/mol. The van der Waals surface area contributed by atoms with Gasteiger partial charge in [0.1, 0.15) is 0 Å². The van der Waals surface area contributed by atoms with Gasteiger partial charge in [0.15, 0.2) is 11.5 Å². The fourth-order valence-corrected chi connectivity index (χ4v) is 2.65. The molecule has 0 saturated carbocycles. The van der Waals surface area contributed by atoms with Gasteiger partial charge in [-0.2, -0.15) is 0 Å². The van der Waals surface area contributed by atoms with Crippen LogP contribution in [-0.2, 0) is 6.42 Å². The molecule has 0 aliphatic carbocycles. The highest BCUT2D eigenvalue weighted by Gasteiger charge is 2.24. The van der Waals surface area contributed by atoms with E-state index < -0.39 is 0 Å². The molecular formula is C13H18ClNO2. The molecule has 3 nitrogen and oxygen atoms in total. The summed E-state index contributed by atoms with van der Waals surface area (Å²) < 4.78 is 10.8. The lowest BCUT2D eigenvalue weighted by molar-refractivity contribution is 0.174. The van der Waals surface area contributed by atoms with Crippen molar-refractivity contribution in [1.82, 2.24) is 0 Å². The van der Waals surface area contributed by atoms with E-state index >= 15 is 0 Å². The minimum atomic E-state index is 0.257. The van der Waals surface area contributed by atoms with Crippen LogP contribution in [0.2, 0.25) is 5.02 Å². The topological polar surface area (TPSA) is 44.5 Å². The average Bonchev–Trinajstić information content (AvgIpc) is 2.77. The molecule has 1 aromatic carbocycles. The molecule has 2 N–H and O–H groups in total. The maximum absolute atomic E-state index is 6.37. The lowest BCUT2D eigenvalue weighted by Gasteiger charge is -2.17. The van der Waals surface area contributed by atoms with E-state index in [0.29, 0.717) is 23.2 Å². The second-order valence-electron chi connectivity index (χ2n) is 4.32. The third kappa shape index (κ3) is 2.22. The van der Waals surface area contributed by atoms with Gasteiger partial charge in [0.25, 0.3) is 0 Å². The molecule has 0 saturated heterocycles. The van der Waals surface area contributed by atoms with Crippen molar-refractivity contribution in [3.05, 3.63) is 22.2 Å². The Morgan fingerprint density at radius 1 is 1.47 bits per heavy atom. The molecule has 2 rings (SSSR count). The van der Waals surface area contributed by atoms with E-state index in [0.717, 1.165) is 24.2 Å². The Balaban J connectivity index is 2.47. The fraction of sp³-hybridized carbons (Fsp3) is 0.538. The number of halogens is 1. The summed E-state index contributed by atoms with van der Waals surface area (Å²) in [5.41, 5.74) is 8.00. The van der Waals surface area contributed by atoms with Gasteiger partial charge in [-0.15, -0.1) is 0 Å². The van der Waals surface area contributed by atoms with Crippen LogP contribution in [0.4, 0.5) is 0 Å². The van der Waals surface area contributed by atoms with E-state index in [1.54, 1.807) is 0 Å². The van der Waals surface area contributed by atoms with Gasteiger partial charge in [-0.05, 0) is 42.5 Å². The molecule has 0 fully saturated rings. The molecular weight excluding hydrogens is 238 g/mol. The van der Waals surface area contributed by atoms with E-state index in [1.807, 2.05) is 6.07 Å². The van der Waals surface area contributed by atoms with Gasteiger partial charge in [0.2, 0.25) is 6.79 Å². The quantitative estimate of drug-likeness (QED) is 0.899. The van der Waals surface area contributed by atoms with E-state index in [1.165, 1.54) is 5.56 Å².